The van der Waals surface area contributed by atoms with Crippen molar-refractivity contribution in [2.24, 2.45) is 0 Å². The highest BCUT2D eigenvalue weighted by atomic mass is 16.5. The normalized spacial score (nSPS) is 12.1. The number of aryl methyl sites for hydroxylation is 2. The third-order valence-corrected chi connectivity index (χ3v) is 3.41. The maximum atomic E-state index is 11.9. The summed E-state index contributed by atoms with van der Waals surface area (Å²) < 4.78 is 5.66. The molecule has 0 aliphatic heterocycles. The third kappa shape index (κ3) is 5.99. The minimum atomic E-state index is -0.120. The van der Waals surface area contributed by atoms with E-state index in [2.05, 4.69) is 5.32 Å². The Labute approximate surface area is 138 Å². The molecular weight excluding hydrogens is 286 g/mol. The molecule has 2 aromatic carbocycles. The van der Waals surface area contributed by atoms with E-state index in [9.17, 15) is 4.79 Å². The molecule has 0 aromatic heterocycles. The Morgan fingerprint density at radius 2 is 1.61 bits per heavy atom. The Morgan fingerprint density at radius 3 is 2.22 bits per heavy atom. The molecule has 0 saturated heterocycles. The van der Waals surface area contributed by atoms with Gasteiger partial charge in [0.15, 0.2) is 0 Å². The van der Waals surface area contributed by atoms with Crippen molar-refractivity contribution in [3.63, 3.8) is 0 Å². The average molecular weight is 309 g/mol. The Bertz CT molecular complexity index is 657. The van der Waals surface area contributed by atoms with Gasteiger partial charge in [-0.15, -0.1) is 0 Å². The van der Waals surface area contributed by atoms with Crippen LogP contribution < -0.4 is 10.1 Å². The molecule has 0 heterocycles. The molecule has 0 aliphatic rings. The molecule has 2 aromatic rings. The molecular formula is C20H23NO2. The molecule has 1 N–H and O–H groups in total. The van der Waals surface area contributed by atoms with Gasteiger partial charge in [0.05, 0.1) is 6.04 Å². The van der Waals surface area contributed by atoms with Gasteiger partial charge in [-0.2, -0.15) is 0 Å². The molecule has 0 saturated carbocycles. The van der Waals surface area contributed by atoms with E-state index in [0.717, 1.165) is 11.3 Å². The minimum absolute atomic E-state index is 0.0635. The lowest BCUT2D eigenvalue weighted by Gasteiger charge is -2.14. The van der Waals surface area contributed by atoms with Crippen molar-refractivity contribution < 1.29 is 9.53 Å². The minimum Gasteiger partial charge on any atom is -0.491 e. The second-order valence-electron chi connectivity index (χ2n) is 5.78. The Kier molecular flexibility index (Phi) is 5.98. The molecule has 0 spiro atoms. The van der Waals surface area contributed by atoms with Gasteiger partial charge in [-0.3, -0.25) is 4.79 Å². The number of rotatable bonds is 6. The fourth-order valence-electron chi connectivity index (χ4n) is 2.04. The number of carbonyl (C=O) groups excluding carboxylic acids is 1. The zero-order chi connectivity index (χ0) is 16.7. The van der Waals surface area contributed by atoms with E-state index in [1.165, 1.54) is 11.1 Å². The predicted octanol–water partition coefficient (Wildman–Crippen LogP) is 3.90. The molecule has 0 aliphatic carbocycles. The van der Waals surface area contributed by atoms with Gasteiger partial charge in [-0.1, -0.05) is 47.5 Å². The number of benzene rings is 2. The lowest BCUT2D eigenvalue weighted by atomic mass is 10.1. The highest BCUT2D eigenvalue weighted by molar-refractivity contribution is 5.91. The SMILES string of the molecule is Cc1ccc(/C=C/C(=O)NC(C)COc2ccc(C)cc2)cc1. The first-order valence-electron chi connectivity index (χ1n) is 7.77. The summed E-state index contributed by atoms with van der Waals surface area (Å²) in [6, 6.07) is 15.8. The van der Waals surface area contributed by atoms with Gasteiger partial charge >= 0.3 is 0 Å². The van der Waals surface area contributed by atoms with Gasteiger partial charge in [0, 0.05) is 6.08 Å². The van der Waals surface area contributed by atoms with Crippen LogP contribution in [0, 0.1) is 13.8 Å². The van der Waals surface area contributed by atoms with Crippen LogP contribution in [0.3, 0.4) is 0 Å². The quantitative estimate of drug-likeness (QED) is 0.822. The molecule has 3 heteroatoms. The van der Waals surface area contributed by atoms with Crippen LogP contribution in [-0.2, 0) is 4.79 Å². The average Bonchev–Trinajstić information content (AvgIpc) is 2.54. The van der Waals surface area contributed by atoms with Gasteiger partial charge in [-0.25, -0.2) is 0 Å². The van der Waals surface area contributed by atoms with E-state index in [4.69, 9.17) is 4.74 Å². The van der Waals surface area contributed by atoms with E-state index >= 15 is 0 Å². The fraction of sp³-hybridized carbons (Fsp3) is 0.250. The largest absolute Gasteiger partial charge is 0.491 e. The van der Waals surface area contributed by atoms with E-state index < -0.39 is 0 Å². The first kappa shape index (κ1) is 16.8. The molecule has 1 unspecified atom stereocenters. The van der Waals surface area contributed by atoms with Crippen LogP contribution in [-0.4, -0.2) is 18.6 Å². The van der Waals surface area contributed by atoms with Gasteiger partial charge in [0.1, 0.15) is 12.4 Å². The van der Waals surface area contributed by atoms with Gasteiger partial charge in [0.25, 0.3) is 0 Å². The number of ether oxygens (including phenoxy) is 1. The van der Waals surface area contributed by atoms with Gasteiger partial charge in [-0.05, 0) is 44.5 Å². The van der Waals surface area contributed by atoms with Crippen molar-refractivity contribution in [2.75, 3.05) is 6.61 Å². The Hall–Kier alpha value is -2.55. The lowest BCUT2D eigenvalue weighted by molar-refractivity contribution is -0.117. The van der Waals surface area contributed by atoms with Crippen LogP contribution in [0.1, 0.15) is 23.6 Å². The number of amides is 1. The van der Waals surface area contributed by atoms with Crippen molar-refractivity contribution in [1.29, 1.82) is 0 Å². The van der Waals surface area contributed by atoms with Crippen LogP contribution in [0.5, 0.6) is 5.75 Å². The zero-order valence-corrected chi connectivity index (χ0v) is 13.9. The molecule has 0 bridgehead atoms. The second-order valence-corrected chi connectivity index (χ2v) is 5.78. The molecule has 120 valence electrons. The standard InChI is InChI=1S/C20H23NO2/c1-15-4-8-18(9-5-15)10-13-20(22)21-17(3)14-23-19-11-6-16(2)7-12-19/h4-13,17H,14H2,1-3H3,(H,21,22)/b13-10+. The monoisotopic (exact) mass is 309 g/mol. The first-order chi connectivity index (χ1) is 11.0. The summed E-state index contributed by atoms with van der Waals surface area (Å²) in [4.78, 5) is 11.9. The number of hydrogen-bond acceptors (Lipinski definition) is 2. The summed E-state index contributed by atoms with van der Waals surface area (Å²) in [5.41, 5.74) is 3.41. The van der Waals surface area contributed by atoms with Gasteiger partial charge < -0.3 is 10.1 Å². The first-order valence-corrected chi connectivity index (χ1v) is 7.77. The van der Waals surface area contributed by atoms with Crippen LogP contribution in [0.2, 0.25) is 0 Å². The van der Waals surface area contributed by atoms with Crippen molar-refractivity contribution >= 4 is 12.0 Å². The summed E-state index contributed by atoms with van der Waals surface area (Å²) in [7, 11) is 0. The van der Waals surface area contributed by atoms with Crippen LogP contribution in [0.25, 0.3) is 6.08 Å². The summed E-state index contributed by atoms with van der Waals surface area (Å²) >= 11 is 0. The summed E-state index contributed by atoms with van der Waals surface area (Å²) in [6.07, 6.45) is 3.36. The van der Waals surface area contributed by atoms with Gasteiger partial charge in [0.2, 0.25) is 5.91 Å². The summed E-state index contributed by atoms with van der Waals surface area (Å²) in [5, 5.41) is 2.89. The topological polar surface area (TPSA) is 38.3 Å². The third-order valence-electron chi connectivity index (χ3n) is 3.41. The van der Waals surface area contributed by atoms with E-state index in [1.54, 1.807) is 6.08 Å². The van der Waals surface area contributed by atoms with Crippen molar-refractivity contribution in [3.8, 4) is 5.75 Å². The summed E-state index contributed by atoms with van der Waals surface area (Å²) in [5.74, 6) is 0.692. The molecule has 23 heavy (non-hydrogen) atoms. The van der Waals surface area contributed by atoms with Crippen LogP contribution in [0.4, 0.5) is 0 Å². The number of nitrogens with one attached hydrogen (secondary N) is 1. The van der Waals surface area contributed by atoms with Crippen LogP contribution in [0.15, 0.2) is 54.6 Å². The molecule has 0 fully saturated rings. The Morgan fingerprint density at radius 1 is 1.04 bits per heavy atom. The highest BCUT2D eigenvalue weighted by Crippen LogP contribution is 2.11. The molecule has 3 nitrogen and oxygen atoms in total. The smallest absolute Gasteiger partial charge is 0.244 e. The van der Waals surface area contributed by atoms with Crippen molar-refractivity contribution in [3.05, 3.63) is 71.3 Å². The fourth-order valence-corrected chi connectivity index (χ4v) is 2.04. The predicted molar refractivity (Wildman–Crippen MR) is 94.5 cm³/mol. The maximum absolute atomic E-state index is 11.9. The lowest BCUT2D eigenvalue weighted by Crippen LogP contribution is -2.35. The molecule has 2 rings (SSSR count). The van der Waals surface area contributed by atoms with E-state index in [-0.39, 0.29) is 11.9 Å². The molecule has 1 amide bonds. The molecule has 0 radical (unpaired) electrons. The number of carbonyl (C=O) groups is 1. The Balaban J connectivity index is 1.77. The van der Waals surface area contributed by atoms with Crippen LogP contribution >= 0.6 is 0 Å². The van der Waals surface area contributed by atoms with Crippen molar-refractivity contribution in [1.82, 2.24) is 5.32 Å². The highest BCUT2D eigenvalue weighted by Gasteiger charge is 2.05. The maximum Gasteiger partial charge on any atom is 0.244 e. The summed E-state index contributed by atoms with van der Waals surface area (Å²) in [6.45, 7) is 6.43. The van der Waals surface area contributed by atoms with E-state index in [1.807, 2.05) is 75.4 Å². The van der Waals surface area contributed by atoms with E-state index in [0.29, 0.717) is 6.61 Å². The van der Waals surface area contributed by atoms with Crippen molar-refractivity contribution in [2.45, 2.75) is 26.8 Å². The zero-order valence-electron chi connectivity index (χ0n) is 13.9. The molecule has 1 atom stereocenters. The second kappa shape index (κ2) is 8.18. The number of hydrogen-bond donors (Lipinski definition) is 1.